The zero-order valence-corrected chi connectivity index (χ0v) is 10.3. The third-order valence-electron chi connectivity index (χ3n) is 2.35. The highest BCUT2D eigenvalue weighted by Crippen LogP contribution is 2.14. The van der Waals surface area contributed by atoms with Crippen LogP contribution in [-0.2, 0) is 6.54 Å². The molecule has 2 nitrogen and oxygen atoms in total. The van der Waals surface area contributed by atoms with E-state index < -0.39 is 0 Å². The Morgan fingerprint density at radius 1 is 1.25 bits per heavy atom. The summed E-state index contributed by atoms with van der Waals surface area (Å²) in [7, 11) is 1.94. The van der Waals surface area contributed by atoms with Crippen LogP contribution in [0.5, 0.6) is 0 Å². The van der Waals surface area contributed by atoms with E-state index in [-0.39, 0.29) is 5.82 Å². The molecular formula is C12H18ClFN2. The molecule has 0 spiro atoms. The topological polar surface area (TPSA) is 24.1 Å². The van der Waals surface area contributed by atoms with E-state index in [0.29, 0.717) is 17.1 Å². The molecule has 0 amide bonds. The van der Waals surface area contributed by atoms with Gasteiger partial charge >= 0.3 is 0 Å². The smallest absolute Gasteiger partial charge is 0.127 e. The fourth-order valence-electron chi connectivity index (χ4n) is 1.45. The Balaban J connectivity index is 2.23. The maximum Gasteiger partial charge on any atom is 0.127 e. The minimum absolute atomic E-state index is 0.202. The van der Waals surface area contributed by atoms with Crippen LogP contribution in [0.25, 0.3) is 0 Å². The average molecular weight is 245 g/mol. The number of hydrogen-bond acceptors (Lipinski definition) is 2. The average Bonchev–Trinajstić information content (AvgIpc) is 2.28. The van der Waals surface area contributed by atoms with Gasteiger partial charge in [-0.2, -0.15) is 0 Å². The molecule has 90 valence electrons. The van der Waals surface area contributed by atoms with Crippen molar-refractivity contribution in [3.63, 3.8) is 0 Å². The largest absolute Gasteiger partial charge is 0.320 e. The number of halogens is 2. The molecular weight excluding hydrogens is 227 g/mol. The summed E-state index contributed by atoms with van der Waals surface area (Å²) in [6.45, 7) is 2.45. The molecule has 4 heteroatoms. The van der Waals surface area contributed by atoms with Gasteiger partial charge in [-0.3, -0.25) is 0 Å². The molecule has 1 aromatic carbocycles. The van der Waals surface area contributed by atoms with Crippen molar-refractivity contribution >= 4 is 11.6 Å². The normalized spacial score (nSPS) is 10.7. The predicted octanol–water partition coefficient (Wildman–Crippen LogP) is 2.57. The van der Waals surface area contributed by atoms with Crippen molar-refractivity contribution in [2.45, 2.75) is 19.4 Å². The first-order valence-electron chi connectivity index (χ1n) is 5.53. The Bertz CT molecular complexity index is 318. The van der Waals surface area contributed by atoms with E-state index in [1.165, 1.54) is 6.07 Å². The summed E-state index contributed by atoms with van der Waals surface area (Å²) in [6, 6.07) is 4.63. The molecule has 0 aromatic heterocycles. The van der Waals surface area contributed by atoms with Crippen LogP contribution in [0.4, 0.5) is 4.39 Å². The first kappa shape index (κ1) is 13.4. The molecule has 0 bridgehead atoms. The lowest BCUT2D eigenvalue weighted by molar-refractivity contribution is 0.570. The van der Waals surface area contributed by atoms with E-state index in [0.717, 1.165) is 25.9 Å². The van der Waals surface area contributed by atoms with Gasteiger partial charge in [0.2, 0.25) is 0 Å². The Morgan fingerprint density at radius 2 is 2.00 bits per heavy atom. The highest BCUT2D eigenvalue weighted by molar-refractivity contribution is 6.30. The van der Waals surface area contributed by atoms with Gasteiger partial charge in [-0.15, -0.1) is 0 Å². The summed E-state index contributed by atoms with van der Waals surface area (Å²) in [5, 5.41) is 6.87. The summed E-state index contributed by atoms with van der Waals surface area (Å²) in [5.41, 5.74) is 0.626. The van der Waals surface area contributed by atoms with Crippen LogP contribution in [0.15, 0.2) is 18.2 Å². The number of unbranched alkanes of at least 4 members (excludes halogenated alkanes) is 1. The van der Waals surface area contributed by atoms with E-state index >= 15 is 0 Å². The zero-order valence-electron chi connectivity index (χ0n) is 9.52. The van der Waals surface area contributed by atoms with E-state index in [1.54, 1.807) is 12.1 Å². The maximum absolute atomic E-state index is 13.3. The van der Waals surface area contributed by atoms with Gasteiger partial charge in [0, 0.05) is 17.1 Å². The van der Waals surface area contributed by atoms with Crippen LogP contribution >= 0.6 is 11.6 Å². The van der Waals surface area contributed by atoms with Gasteiger partial charge in [0.1, 0.15) is 5.82 Å². The van der Waals surface area contributed by atoms with Crippen molar-refractivity contribution in [1.82, 2.24) is 10.6 Å². The van der Waals surface area contributed by atoms with Crippen molar-refractivity contribution in [1.29, 1.82) is 0 Å². The molecule has 0 fully saturated rings. The molecule has 0 aliphatic rings. The molecule has 0 radical (unpaired) electrons. The van der Waals surface area contributed by atoms with E-state index in [1.807, 2.05) is 7.05 Å². The fourth-order valence-corrected chi connectivity index (χ4v) is 1.65. The molecule has 0 unspecified atom stereocenters. The number of hydrogen-bond donors (Lipinski definition) is 2. The van der Waals surface area contributed by atoms with Crippen LogP contribution in [0.2, 0.25) is 5.02 Å². The maximum atomic E-state index is 13.3. The molecule has 0 aliphatic carbocycles. The van der Waals surface area contributed by atoms with Crippen LogP contribution in [0.3, 0.4) is 0 Å². The lowest BCUT2D eigenvalue weighted by Gasteiger charge is -2.06. The van der Waals surface area contributed by atoms with E-state index in [9.17, 15) is 4.39 Å². The monoisotopic (exact) mass is 244 g/mol. The molecule has 0 heterocycles. The highest BCUT2D eigenvalue weighted by Gasteiger charge is 2.01. The third kappa shape index (κ3) is 4.92. The standard InChI is InChI=1S/C12H18ClFN2/c1-15-6-2-3-7-16-9-10-8-11(13)4-5-12(10)14/h4-5,8,15-16H,2-3,6-7,9H2,1H3. The summed E-state index contributed by atoms with van der Waals surface area (Å²) in [5.74, 6) is -0.202. The van der Waals surface area contributed by atoms with Crippen molar-refractivity contribution in [3.8, 4) is 0 Å². The molecule has 0 saturated carbocycles. The van der Waals surface area contributed by atoms with Crippen LogP contribution in [-0.4, -0.2) is 20.1 Å². The predicted molar refractivity (Wildman–Crippen MR) is 66.3 cm³/mol. The van der Waals surface area contributed by atoms with Crippen molar-refractivity contribution in [2.24, 2.45) is 0 Å². The molecule has 16 heavy (non-hydrogen) atoms. The van der Waals surface area contributed by atoms with Gasteiger partial charge in [-0.1, -0.05) is 11.6 Å². The number of rotatable bonds is 7. The SMILES string of the molecule is CNCCCCNCc1cc(Cl)ccc1F. The molecule has 0 saturated heterocycles. The van der Waals surface area contributed by atoms with Gasteiger partial charge in [0.15, 0.2) is 0 Å². The Morgan fingerprint density at radius 3 is 2.75 bits per heavy atom. The second kappa shape index (κ2) is 7.60. The molecule has 1 rings (SSSR count). The lowest BCUT2D eigenvalue weighted by atomic mass is 10.2. The second-order valence-electron chi connectivity index (χ2n) is 3.72. The summed E-state index contributed by atoms with van der Waals surface area (Å²) < 4.78 is 13.3. The molecule has 0 atom stereocenters. The van der Waals surface area contributed by atoms with Crippen LogP contribution in [0, 0.1) is 5.82 Å². The first-order chi connectivity index (χ1) is 7.74. The van der Waals surface area contributed by atoms with Gasteiger partial charge in [0.05, 0.1) is 0 Å². The lowest BCUT2D eigenvalue weighted by Crippen LogP contribution is -2.17. The Hall–Kier alpha value is -0.640. The van der Waals surface area contributed by atoms with Crippen LogP contribution < -0.4 is 10.6 Å². The van der Waals surface area contributed by atoms with Gasteiger partial charge in [0.25, 0.3) is 0 Å². The minimum Gasteiger partial charge on any atom is -0.320 e. The van der Waals surface area contributed by atoms with Crippen molar-refractivity contribution < 1.29 is 4.39 Å². The number of nitrogens with one attached hydrogen (secondary N) is 2. The van der Waals surface area contributed by atoms with Crippen molar-refractivity contribution in [3.05, 3.63) is 34.6 Å². The Labute approximate surface area is 101 Å². The molecule has 1 aromatic rings. The minimum atomic E-state index is -0.202. The van der Waals surface area contributed by atoms with Gasteiger partial charge < -0.3 is 10.6 Å². The van der Waals surface area contributed by atoms with Crippen LogP contribution in [0.1, 0.15) is 18.4 Å². The fraction of sp³-hybridized carbons (Fsp3) is 0.500. The third-order valence-corrected chi connectivity index (χ3v) is 2.59. The van der Waals surface area contributed by atoms with Gasteiger partial charge in [-0.05, 0) is 51.2 Å². The van der Waals surface area contributed by atoms with E-state index in [2.05, 4.69) is 10.6 Å². The van der Waals surface area contributed by atoms with Gasteiger partial charge in [-0.25, -0.2) is 4.39 Å². The summed E-state index contributed by atoms with van der Waals surface area (Å²) in [4.78, 5) is 0. The summed E-state index contributed by atoms with van der Waals surface area (Å²) in [6.07, 6.45) is 2.21. The molecule has 0 aliphatic heterocycles. The van der Waals surface area contributed by atoms with Crippen molar-refractivity contribution in [2.75, 3.05) is 20.1 Å². The second-order valence-corrected chi connectivity index (χ2v) is 4.16. The molecule has 2 N–H and O–H groups in total. The zero-order chi connectivity index (χ0) is 11.8. The van der Waals surface area contributed by atoms with E-state index in [4.69, 9.17) is 11.6 Å². The highest BCUT2D eigenvalue weighted by atomic mass is 35.5. The Kier molecular flexibility index (Phi) is 6.38. The quantitative estimate of drug-likeness (QED) is 0.721. The first-order valence-corrected chi connectivity index (χ1v) is 5.91. The summed E-state index contributed by atoms with van der Waals surface area (Å²) >= 11 is 5.80. The number of benzene rings is 1.